The number of benzene rings is 1. The number of ether oxygens (including phenoxy) is 2. The molecule has 2 heterocycles. The number of halogens is 1. The third-order valence-corrected chi connectivity index (χ3v) is 3.92. The molecule has 0 unspecified atom stereocenters. The van der Waals surface area contributed by atoms with Gasteiger partial charge < -0.3 is 14.4 Å². The third-order valence-electron chi connectivity index (χ3n) is 3.92. The van der Waals surface area contributed by atoms with E-state index in [-0.39, 0.29) is 11.9 Å². The number of amides is 1. The third kappa shape index (κ3) is 2.81. The number of anilines is 2. The highest BCUT2D eigenvalue weighted by atomic mass is 19.1. The Bertz CT molecular complexity index is 532. The van der Waals surface area contributed by atoms with E-state index in [0.29, 0.717) is 44.2 Å². The smallest absolute Gasteiger partial charge is 0.414 e. The van der Waals surface area contributed by atoms with Crippen LogP contribution in [0.2, 0.25) is 0 Å². The molecule has 1 aromatic rings. The predicted molar refractivity (Wildman–Crippen MR) is 77.3 cm³/mol. The van der Waals surface area contributed by atoms with Crippen LogP contribution in [-0.2, 0) is 9.47 Å². The van der Waals surface area contributed by atoms with Gasteiger partial charge in [-0.2, -0.15) is 0 Å². The van der Waals surface area contributed by atoms with Gasteiger partial charge in [-0.3, -0.25) is 4.90 Å². The topological polar surface area (TPSA) is 42.0 Å². The minimum absolute atomic E-state index is 0.112. The van der Waals surface area contributed by atoms with Gasteiger partial charge >= 0.3 is 6.09 Å². The minimum Gasteiger partial charge on any atom is -0.444 e. The minimum atomic E-state index is -0.402. The molecule has 5 nitrogen and oxygen atoms in total. The Kier molecular flexibility index (Phi) is 3.96. The van der Waals surface area contributed by atoms with Gasteiger partial charge in [0.15, 0.2) is 0 Å². The van der Waals surface area contributed by atoms with Crippen LogP contribution in [0.5, 0.6) is 0 Å². The Hall–Kier alpha value is -1.82. The maximum atomic E-state index is 14.3. The summed E-state index contributed by atoms with van der Waals surface area (Å²) >= 11 is 0. The Morgan fingerprint density at radius 3 is 2.71 bits per heavy atom. The number of carbonyl (C=O) groups is 1. The van der Waals surface area contributed by atoms with Crippen LogP contribution in [0.4, 0.5) is 20.6 Å². The largest absolute Gasteiger partial charge is 0.444 e. The molecule has 0 bridgehead atoms. The van der Waals surface area contributed by atoms with Crippen molar-refractivity contribution >= 4 is 17.5 Å². The van der Waals surface area contributed by atoms with Crippen molar-refractivity contribution in [3.8, 4) is 0 Å². The molecule has 1 atom stereocenters. The maximum absolute atomic E-state index is 14.3. The van der Waals surface area contributed by atoms with Gasteiger partial charge in [-0.1, -0.05) is 6.92 Å². The van der Waals surface area contributed by atoms with Crippen molar-refractivity contribution < 1.29 is 18.7 Å². The van der Waals surface area contributed by atoms with Crippen molar-refractivity contribution in [1.29, 1.82) is 0 Å². The van der Waals surface area contributed by atoms with Gasteiger partial charge in [-0.15, -0.1) is 0 Å². The molecule has 0 aromatic heterocycles. The molecule has 0 saturated carbocycles. The molecule has 114 valence electrons. The predicted octanol–water partition coefficient (Wildman–Crippen LogP) is 2.40. The fourth-order valence-corrected chi connectivity index (χ4v) is 2.67. The molecule has 2 saturated heterocycles. The molecule has 0 radical (unpaired) electrons. The van der Waals surface area contributed by atoms with Crippen molar-refractivity contribution in [2.75, 3.05) is 42.6 Å². The quantitative estimate of drug-likeness (QED) is 0.858. The Labute approximate surface area is 123 Å². The average Bonchev–Trinajstić information content (AvgIpc) is 2.89. The lowest BCUT2D eigenvalue weighted by Gasteiger charge is -2.29. The zero-order valence-electron chi connectivity index (χ0n) is 12.0. The van der Waals surface area contributed by atoms with Crippen molar-refractivity contribution in [3.63, 3.8) is 0 Å². The maximum Gasteiger partial charge on any atom is 0.414 e. The first-order chi connectivity index (χ1) is 10.2. The summed E-state index contributed by atoms with van der Waals surface area (Å²) in [5.41, 5.74) is 1.10. The average molecular weight is 294 g/mol. The summed E-state index contributed by atoms with van der Waals surface area (Å²) in [5.74, 6) is -0.317. The van der Waals surface area contributed by atoms with Crippen LogP contribution < -0.4 is 9.80 Å². The van der Waals surface area contributed by atoms with Gasteiger partial charge in [0, 0.05) is 13.1 Å². The molecule has 0 N–H and O–H groups in total. The van der Waals surface area contributed by atoms with Gasteiger partial charge in [0.2, 0.25) is 0 Å². The molecule has 0 aliphatic carbocycles. The lowest BCUT2D eigenvalue weighted by atomic mass is 10.2. The van der Waals surface area contributed by atoms with Crippen LogP contribution >= 0.6 is 0 Å². The van der Waals surface area contributed by atoms with Gasteiger partial charge in [0.05, 0.1) is 31.1 Å². The van der Waals surface area contributed by atoms with Crippen LogP contribution in [0.15, 0.2) is 18.2 Å². The zero-order valence-corrected chi connectivity index (χ0v) is 12.0. The first kappa shape index (κ1) is 14.1. The molecule has 0 spiro atoms. The van der Waals surface area contributed by atoms with Gasteiger partial charge in [-0.05, 0) is 24.6 Å². The van der Waals surface area contributed by atoms with Crippen molar-refractivity contribution in [1.82, 2.24) is 0 Å². The molecule has 3 rings (SSSR count). The number of cyclic esters (lactones) is 1. The second-order valence-electron chi connectivity index (χ2n) is 5.26. The first-order valence-corrected chi connectivity index (χ1v) is 7.29. The number of hydrogen-bond donors (Lipinski definition) is 0. The molecule has 1 aromatic carbocycles. The van der Waals surface area contributed by atoms with Crippen LogP contribution in [0.25, 0.3) is 0 Å². The van der Waals surface area contributed by atoms with E-state index < -0.39 is 6.09 Å². The normalized spacial score (nSPS) is 22.6. The Morgan fingerprint density at radius 1 is 1.33 bits per heavy atom. The van der Waals surface area contributed by atoms with E-state index in [9.17, 15) is 9.18 Å². The molecule has 1 amide bonds. The summed E-state index contributed by atoms with van der Waals surface area (Å²) in [5, 5.41) is 0. The van der Waals surface area contributed by atoms with E-state index in [4.69, 9.17) is 9.47 Å². The summed E-state index contributed by atoms with van der Waals surface area (Å²) in [6.07, 6.45) is 0.246. The number of carbonyl (C=O) groups excluding carboxylic acids is 1. The molecule has 21 heavy (non-hydrogen) atoms. The fraction of sp³-hybridized carbons (Fsp3) is 0.533. The fourth-order valence-electron chi connectivity index (χ4n) is 2.67. The molecule has 6 heteroatoms. The second kappa shape index (κ2) is 5.89. The van der Waals surface area contributed by atoms with E-state index in [2.05, 4.69) is 0 Å². The zero-order chi connectivity index (χ0) is 14.8. The number of nitrogens with zero attached hydrogens (tertiary/aromatic N) is 2. The lowest BCUT2D eigenvalue weighted by Crippen LogP contribution is -2.36. The summed E-state index contributed by atoms with van der Waals surface area (Å²) in [6, 6.07) is 4.90. The Balaban J connectivity index is 1.79. The molecule has 2 aliphatic heterocycles. The lowest BCUT2D eigenvalue weighted by molar-refractivity contribution is 0.122. The monoisotopic (exact) mass is 294 g/mol. The van der Waals surface area contributed by atoms with Crippen molar-refractivity contribution in [2.45, 2.75) is 19.4 Å². The Morgan fingerprint density at radius 2 is 2.10 bits per heavy atom. The number of rotatable bonds is 3. The molecular formula is C15H19FN2O3. The molecule has 2 aliphatic rings. The molecular weight excluding hydrogens is 275 g/mol. The summed E-state index contributed by atoms with van der Waals surface area (Å²) < 4.78 is 24.8. The van der Waals surface area contributed by atoms with E-state index in [0.717, 1.165) is 6.42 Å². The van der Waals surface area contributed by atoms with E-state index in [1.165, 1.54) is 11.0 Å². The highest BCUT2D eigenvalue weighted by Crippen LogP contribution is 2.28. The van der Waals surface area contributed by atoms with E-state index in [1.54, 1.807) is 12.1 Å². The van der Waals surface area contributed by atoms with Crippen LogP contribution in [-0.4, -0.2) is 45.0 Å². The highest BCUT2D eigenvalue weighted by molar-refractivity contribution is 5.90. The van der Waals surface area contributed by atoms with Gasteiger partial charge in [-0.25, -0.2) is 9.18 Å². The van der Waals surface area contributed by atoms with Crippen LogP contribution in [0.3, 0.4) is 0 Å². The SMILES string of the molecule is CC[C@H]1CN(c2ccc(N3CCOCC3)c(F)c2)C(=O)O1. The summed E-state index contributed by atoms with van der Waals surface area (Å²) in [4.78, 5) is 15.2. The van der Waals surface area contributed by atoms with Crippen LogP contribution in [0.1, 0.15) is 13.3 Å². The second-order valence-corrected chi connectivity index (χ2v) is 5.26. The number of hydrogen-bond acceptors (Lipinski definition) is 4. The van der Waals surface area contributed by atoms with Crippen LogP contribution in [0, 0.1) is 5.82 Å². The van der Waals surface area contributed by atoms with Crippen molar-refractivity contribution in [2.24, 2.45) is 0 Å². The summed E-state index contributed by atoms with van der Waals surface area (Å²) in [7, 11) is 0. The number of morpholine rings is 1. The summed E-state index contributed by atoms with van der Waals surface area (Å²) in [6.45, 7) is 5.02. The van der Waals surface area contributed by atoms with Gasteiger partial charge in [0.25, 0.3) is 0 Å². The first-order valence-electron chi connectivity index (χ1n) is 7.29. The van der Waals surface area contributed by atoms with E-state index in [1.807, 2.05) is 11.8 Å². The van der Waals surface area contributed by atoms with Crippen molar-refractivity contribution in [3.05, 3.63) is 24.0 Å². The van der Waals surface area contributed by atoms with E-state index >= 15 is 0 Å². The van der Waals surface area contributed by atoms with Gasteiger partial charge in [0.1, 0.15) is 11.9 Å². The highest BCUT2D eigenvalue weighted by Gasteiger charge is 2.31. The standard InChI is InChI=1S/C15H19FN2O3/c1-2-12-10-18(15(19)21-12)11-3-4-14(13(16)9-11)17-5-7-20-8-6-17/h3-4,9,12H,2,5-8,10H2,1H3/t12-/m0/s1. The molecule has 2 fully saturated rings.